The lowest BCUT2D eigenvalue weighted by molar-refractivity contribution is -0.126. The molecule has 1 saturated carbocycles. The van der Waals surface area contributed by atoms with Gasteiger partial charge in [0.05, 0.1) is 5.39 Å². The molecule has 2 fully saturated rings. The molecule has 4 rings (SSSR count). The number of carbonyl (C=O) groups is 2. The van der Waals surface area contributed by atoms with Crippen LogP contribution in [0.15, 0.2) is 17.8 Å². The predicted octanol–water partition coefficient (Wildman–Crippen LogP) is 2.57. The Bertz CT molecular complexity index is 785. The number of fused-ring (bicyclic) bond motifs is 1. The Morgan fingerprint density at radius 2 is 1.97 bits per heavy atom. The summed E-state index contributed by atoms with van der Waals surface area (Å²) in [6.07, 6.45) is 8.15. The van der Waals surface area contributed by atoms with Gasteiger partial charge in [-0.2, -0.15) is 0 Å². The fourth-order valence-electron chi connectivity index (χ4n) is 4.09. The summed E-state index contributed by atoms with van der Waals surface area (Å²) >= 11 is 1.64. The highest BCUT2D eigenvalue weighted by molar-refractivity contribution is 7.16. The molecule has 2 aromatic rings. The summed E-state index contributed by atoms with van der Waals surface area (Å²) in [5.41, 5.74) is 0. The largest absolute Gasteiger partial charge is 0.483 e. The highest BCUT2D eigenvalue weighted by atomic mass is 32.1. The minimum Gasteiger partial charge on any atom is -0.483 e. The van der Waals surface area contributed by atoms with E-state index in [-0.39, 0.29) is 18.3 Å². The zero-order valence-electron chi connectivity index (χ0n) is 16.5. The Hall–Kier alpha value is -2.26. The molecule has 29 heavy (non-hydrogen) atoms. The number of nitrogens with zero attached hydrogens (tertiary/aromatic N) is 3. The van der Waals surface area contributed by atoms with E-state index in [1.165, 1.54) is 25.9 Å². The lowest BCUT2D eigenvalue weighted by Crippen LogP contribution is -2.39. The summed E-state index contributed by atoms with van der Waals surface area (Å²) < 4.78 is 0. The zero-order chi connectivity index (χ0) is 20.5. The third kappa shape index (κ3) is 6.11. The van der Waals surface area contributed by atoms with Gasteiger partial charge >= 0.3 is 0 Å². The van der Waals surface area contributed by atoms with Crippen molar-refractivity contribution in [2.24, 2.45) is 5.92 Å². The van der Waals surface area contributed by atoms with E-state index in [4.69, 9.17) is 9.90 Å². The second kappa shape index (κ2) is 11.1. The first-order chi connectivity index (χ1) is 14.2. The van der Waals surface area contributed by atoms with Crippen LogP contribution in [0.1, 0.15) is 38.5 Å². The average molecular weight is 420 g/mol. The summed E-state index contributed by atoms with van der Waals surface area (Å²) in [7, 11) is 0. The lowest BCUT2D eigenvalue weighted by Gasteiger charge is -2.29. The van der Waals surface area contributed by atoms with E-state index < -0.39 is 0 Å². The van der Waals surface area contributed by atoms with Gasteiger partial charge in [-0.15, -0.1) is 11.3 Å². The molecule has 0 unspecified atom stereocenters. The number of hydrogen-bond acceptors (Lipinski definition) is 7. The molecule has 158 valence electrons. The van der Waals surface area contributed by atoms with Crippen molar-refractivity contribution >= 4 is 39.8 Å². The van der Waals surface area contributed by atoms with Gasteiger partial charge in [0, 0.05) is 25.0 Å². The summed E-state index contributed by atoms with van der Waals surface area (Å²) in [6, 6.07) is 2.46. The molecule has 9 heteroatoms. The molecule has 2 aliphatic rings. The first kappa shape index (κ1) is 21.4. The second-order valence-electron chi connectivity index (χ2n) is 7.50. The van der Waals surface area contributed by atoms with Crippen molar-refractivity contribution in [1.82, 2.24) is 20.2 Å². The van der Waals surface area contributed by atoms with Gasteiger partial charge in [0.2, 0.25) is 5.91 Å². The maximum absolute atomic E-state index is 12.4. The maximum Gasteiger partial charge on any atom is 0.290 e. The topological polar surface area (TPSA) is 107 Å². The summed E-state index contributed by atoms with van der Waals surface area (Å²) in [5, 5.41) is 16.7. The van der Waals surface area contributed by atoms with Crippen molar-refractivity contribution in [1.29, 1.82) is 0 Å². The number of thiophene rings is 1. The molecule has 3 N–H and O–H groups in total. The Kier molecular flexibility index (Phi) is 8.18. The molecule has 0 bridgehead atoms. The monoisotopic (exact) mass is 419 g/mol. The van der Waals surface area contributed by atoms with E-state index in [9.17, 15) is 4.79 Å². The molecule has 1 aliphatic carbocycles. The molecule has 1 aliphatic heterocycles. The molecule has 0 spiro atoms. The van der Waals surface area contributed by atoms with Gasteiger partial charge in [-0.1, -0.05) is 0 Å². The van der Waals surface area contributed by atoms with Crippen molar-refractivity contribution in [2.45, 2.75) is 44.6 Å². The van der Waals surface area contributed by atoms with Crippen LogP contribution in [0.25, 0.3) is 10.2 Å². The first-order valence-corrected chi connectivity index (χ1v) is 11.1. The standard InChI is InChI=1S/C19H27N5OS.CH2O2/c25-18(20-8-11-24-9-1-2-10-24)14-3-5-15(6-4-14)23-17-16-7-12-26-19(16)22-13-21-17;2-1-3/h7,12-15H,1-6,8-11H2,(H,20,25)(H,21,22,23);1H,(H,2,3). The third-order valence-corrected chi connectivity index (χ3v) is 6.45. The number of hydrogen-bond donors (Lipinski definition) is 3. The van der Waals surface area contributed by atoms with Crippen molar-refractivity contribution in [2.75, 3.05) is 31.5 Å². The van der Waals surface area contributed by atoms with Crippen molar-refractivity contribution in [3.8, 4) is 0 Å². The normalized spacial score (nSPS) is 21.9. The average Bonchev–Trinajstić information content (AvgIpc) is 3.41. The maximum atomic E-state index is 12.4. The predicted molar refractivity (Wildman–Crippen MR) is 114 cm³/mol. The number of likely N-dealkylation sites (tertiary alicyclic amines) is 1. The molecule has 1 saturated heterocycles. The number of aromatic nitrogens is 2. The van der Waals surface area contributed by atoms with Crippen LogP contribution in [-0.2, 0) is 9.59 Å². The number of rotatable bonds is 6. The minimum atomic E-state index is -0.250. The van der Waals surface area contributed by atoms with Crippen LogP contribution < -0.4 is 10.6 Å². The molecular formula is C20H29N5O3S. The number of anilines is 1. The van der Waals surface area contributed by atoms with Crippen LogP contribution in [0.3, 0.4) is 0 Å². The highest BCUT2D eigenvalue weighted by Gasteiger charge is 2.26. The Balaban J connectivity index is 0.000000755. The van der Waals surface area contributed by atoms with E-state index >= 15 is 0 Å². The fourth-order valence-corrected chi connectivity index (χ4v) is 4.82. The van der Waals surface area contributed by atoms with E-state index in [0.717, 1.165) is 54.8 Å². The number of carbonyl (C=O) groups excluding carboxylic acids is 1. The first-order valence-electron chi connectivity index (χ1n) is 10.2. The molecule has 0 atom stereocenters. The van der Waals surface area contributed by atoms with Crippen LogP contribution in [0.4, 0.5) is 5.82 Å². The van der Waals surface area contributed by atoms with E-state index in [1.807, 2.05) is 5.38 Å². The highest BCUT2D eigenvalue weighted by Crippen LogP contribution is 2.29. The molecule has 0 radical (unpaired) electrons. The van der Waals surface area contributed by atoms with E-state index in [1.54, 1.807) is 17.7 Å². The van der Waals surface area contributed by atoms with Gasteiger partial charge in [0.1, 0.15) is 17.0 Å². The Morgan fingerprint density at radius 1 is 1.24 bits per heavy atom. The molecular weight excluding hydrogens is 390 g/mol. The quantitative estimate of drug-likeness (QED) is 0.618. The number of nitrogens with one attached hydrogen (secondary N) is 2. The van der Waals surface area contributed by atoms with Gasteiger partial charge in [-0.3, -0.25) is 9.59 Å². The van der Waals surface area contributed by atoms with Crippen LogP contribution in [0.2, 0.25) is 0 Å². The summed E-state index contributed by atoms with van der Waals surface area (Å²) in [6.45, 7) is 3.90. The third-order valence-electron chi connectivity index (χ3n) is 5.63. The van der Waals surface area contributed by atoms with Crippen molar-refractivity contribution in [3.63, 3.8) is 0 Å². The van der Waals surface area contributed by atoms with Crippen LogP contribution in [-0.4, -0.2) is 64.6 Å². The summed E-state index contributed by atoms with van der Waals surface area (Å²) in [5.74, 6) is 1.33. The van der Waals surface area contributed by atoms with Gasteiger partial charge in [0.15, 0.2) is 0 Å². The molecule has 1 amide bonds. The second-order valence-corrected chi connectivity index (χ2v) is 8.39. The molecule has 0 aromatic carbocycles. The molecule has 2 aromatic heterocycles. The van der Waals surface area contributed by atoms with Gasteiger partial charge in [-0.05, 0) is 63.1 Å². The van der Waals surface area contributed by atoms with Crippen LogP contribution >= 0.6 is 11.3 Å². The van der Waals surface area contributed by atoms with Crippen molar-refractivity contribution in [3.05, 3.63) is 17.8 Å². The van der Waals surface area contributed by atoms with Crippen LogP contribution in [0.5, 0.6) is 0 Å². The van der Waals surface area contributed by atoms with Crippen LogP contribution in [0, 0.1) is 5.92 Å². The Morgan fingerprint density at radius 3 is 2.69 bits per heavy atom. The summed E-state index contributed by atoms with van der Waals surface area (Å²) in [4.78, 5) is 32.9. The van der Waals surface area contributed by atoms with Gasteiger partial charge < -0.3 is 20.6 Å². The van der Waals surface area contributed by atoms with Crippen molar-refractivity contribution < 1.29 is 14.7 Å². The minimum absolute atomic E-state index is 0.165. The molecule has 8 nitrogen and oxygen atoms in total. The van der Waals surface area contributed by atoms with Gasteiger partial charge in [-0.25, -0.2) is 9.97 Å². The molecule has 3 heterocycles. The number of carboxylic acid groups (broad SMARTS) is 1. The fraction of sp³-hybridized carbons (Fsp3) is 0.600. The van der Waals surface area contributed by atoms with E-state index in [0.29, 0.717) is 6.04 Å². The Labute approximate surface area is 174 Å². The SMILES string of the molecule is O=C(NCCN1CCCC1)C1CCC(Nc2ncnc3sccc23)CC1.O=CO. The van der Waals surface area contributed by atoms with Gasteiger partial charge in [0.25, 0.3) is 6.47 Å². The number of amides is 1. The van der Waals surface area contributed by atoms with E-state index in [2.05, 4.69) is 31.6 Å². The zero-order valence-corrected chi connectivity index (χ0v) is 17.4. The smallest absolute Gasteiger partial charge is 0.290 e. The lowest BCUT2D eigenvalue weighted by atomic mass is 9.85.